The minimum atomic E-state index is -0.933. The maximum absolute atomic E-state index is 12.4. The highest BCUT2D eigenvalue weighted by Crippen LogP contribution is 2.25. The van der Waals surface area contributed by atoms with Crippen LogP contribution in [0.25, 0.3) is 11.1 Å². The summed E-state index contributed by atoms with van der Waals surface area (Å²) in [4.78, 5) is 24.6. The molecule has 1 unspecified atom stereocenters. The zero-order chi connectivity index (χ0) is 15.4. The first-order chi connectivity index (χ1) is 10.0. The Balaban J connectivity index is 2.21. The first-order valence-electron chi connectivity index (χ1n) is 6.62. The summed E-state index contributed by atoms with van der Waals surface area (Å²) in [7, 11) is 1.57. The normalized spacial score (nSPS) is 11.9. The van der Waals surface area contributed by atoms with Gasteiger partial charge >= 0.3 is 5.97 Å². The van der Waals surface area contributed by atoms with Crippen LogP contribution in [0.1, 0.15) is 17.5 Å². The summed E-state index contributed by atoms with van der Waals surface area (Å²) in [5.74, 6) is -1.67. The number of hydrogen-bond acceptors (Lipinski definition) is 3. The molecule has 1 heterocycles. The number of carbonyl (C=O) groups excluding carboxylic acids is 1. The number of hydrogen-bond donors (Lipinski definition) is 1. The van der Waals surface area contributed by atoms with Gasteiger partial charge in [0.1, 0.15) is 0 Å². The maximum atomic E-state index is 12.4. The third-order valence-corrected chi connectivity index (χ3v) is 3.26. The molecule has 1 aromatic heterocycles. The highest BCUT2D eigenvalue weighted by molar-refractivity contribution is 5.98. The summed E-state index contributed by atoms with van der Waals surface area (Å²) in [6.45, 7) is 1.69. The molecular formula is C16H17NO4. The van der Waals surface area contributed by atoms with Crippen LogP contribution in [0, 0.1) is 5.92 Å². The second-order valence-electron chi connectivity index (χ2n) is 4.95. The monoisotopic (exact) mass is 287 g/mol. The molecule has 1 amide bonds. The van der Waals surface area contributed by atoms with Gasteiger partial charge in [0.2, 0.25) is 0 Å². The van der Waals surface area contributed by atoms with Crippen LogP contribution in [0.2, 0.25) is 0 Å². The molecule has 5 nitrogen and oxygen atoms in total. The van der Waals surface area contributed by atoms with Gasteiger partial charge in [-0.25, -0.2) is 0 Å². The average molecular weight is 287 g/mol. The molecule has 0 spiro atoms. The van der Waals surface area contributed by atoms with Crippen LogP contribution in [0.4, 0.5) is 0 Å². The Morgan fingerprint density at radius 3 is 2.52 bits per heavy atom. The fourth-order valence-electron chi connectivity index (χ4n) is 2.07. The van der Waals surface area contributed by atoms with Gasteiger partial charge in [0.15, 0.2) is 5.76 Å². The summed E-state index contributed by atoms with van der Waals surface area (Å²) in [6.07, 6.45) is 1.46. The third kappa shape index (κ3) is 3.31. The van der Waals surface area contributed by atoms with Crippen LogP contribution in [0.5, 0.6) is 0 Å². The van der Waals surface area contributed by atoms with Crippen molar-refractivity contribution in [3.63, 3.8) is 0 Å². The van der Waals surface area contributed by atoms with Crippen LogP contribution in [0.3, 0.4) is 0 Å². The van der Waals surface area contributed by atoms with Gasteiger partial charge in [-0.2, -0.15) is 0 Å². The van der Waals surface area contributed by atoms with Crippen molar-refractivity contribution in [2.24, 2.45) is 5.92 Å². The summed E-state index contributed by atoms with van der Waals surface area (Å²) < 4.78 is 5.31. The van der Waals surface area contributed by atoms with E-state index in [9.17, 15) is 9.59 Å². The number of aliphatic carboxylic acids is 1. The van der Waals surface area contributed by atoms with Crippen molar-refractivity contribution in [2.75, 3.05) is 13.6 Å². The minimum absolute atomic E-state index is 0.128. The second-order valence-corrected chi connectivity index (χ2v) is 4.95. The fourth-order valence-corrected chi connectivity index (χ4v) is 2.07. The zero-order valence-electron chi connectivity index (χ0n) is 11.9. The highest BCUT2D eigenvalue weighted by Gasteiger charge is 2.23. The van der Waals surface area contributed by atoms with E-state index < -0.39 is 11.9 Å². The Hall–Kier alpha value is -2.56. The number of furan rings is 1. The van der Waals surface area contributed by atoms with Gasteiger partial charge in [-0.05, 0) is 11.6 Å². The molecule has 1 atom stereocenters. The van der Waals surface area contributed by atoms with Crippen molar-refractivity contribution in [2.45, 2.75) is 6.92 Å². The maximum Gasteiger partial charge on any atom is 0.308 e. The van der Waals surface area contributed by atoms with E-state index >= 15 is 0 Å². The molecule has 0 aliphatic rings. The van der Waals surface area contributed by atoms with E-state index in [1.54, 1.807) is 20.0 Å². The van der Waals surface area contributed by atoms with Crippen LogP contribution >= 0.6 is 0 Å². The largest absolute Gasteiger partial charge is 0.481 e. The van der Waals surface area contributed by atoms with E-state index in [2.05, 4.69) is 0 Å². The molecule has 0 aliphatic heterocycles. The van der Waals surface area contributed by atoms with Crippen LogP contribution in [-0.4, -0.2) is 35.5 Å². The van der Waals surface area contributed by atoms with Crippen molar-refractivity contribution in [3.8, 4) is 11.1 Å². The highest BCUT2D eigenvalue weighted by atomic mass is 16.4. The lowest BCUT2D eigenvalue weighted by atomic mass is 10.1. The van der Waals surface area contributed by atoms with Gasteiger partial charge in [-0.3, -0.25) is 9.59 Å². The van der Waals surface area contributed by atoms with Gasteiger partial charge in [0.25, 0.3) is 5.91 Å². The standard InChI is InChI=1S/C16H17NO4/c1-11(16(19)20)10-17(2)15(18)14-13(8-9-21-14)12-6-4-3-5-7-12/h3-9,11H,10H2,1-2H3,(H,19,20). The van der Waals surface area contributed by atoms with E-state index in [0.29, 0.717) is 5.56 Å². The molecule has 5 heteroatoms. The van der Waals surface area contributed by atoms with Gasteiger partial charge in [-0.15, -0.1) is 0 Å². The molecule has 110 valence electrons. The first kappa shape index (κ1) is 14.8. The average Bonchev–Trinajstić information content (AvgIpc) is 2.96. The molecule has 0 saturated carbocycles. The molecule has 2 rings (SSSR count). The van der Waals surface area contributed by atoms with E-state index in [4.69, 9.17) is 9.52 Å². The van der Waals surface area contributed by atoms with Gasteiger partial charge < -0.3 is 14.4 Å². The topological polar surface area (TPSA) is 70.8 Å². The summed E-state index contributed by atoms with van der Waals surface area (Å²) >= 11 is 0. The lowest BCUT2D eigenvalue weighted by Gasteiger charge is -2.18. The number of carboxylic acid groups (broad SMARTS) is 1. The summed E-state index contributed by atoms with van der Waals surface area (Å²) in [6, 6.07) is 11.2. The molecule has 0 saturated heterocycles. The number of carbonyl (C=O) groups is 2. The molecule has 0 aliphatic carbocycles. The van der Waals surface area contributed by atoms with Crippen molar-refractivity contribution in [3.05, 3.63) is 48.4 Å². The molecule has 0 bridgehead atoms. The number of amides is 1. The van der Waals surface area contributed by atoms with Gasteiger partial charge in [-0.1, -0.05) is 37.3 Å². The van der Waals surface area contributed by atoms with Crippen molar-refractivity contribution >= 4 is 11.9 Å². The molecule has 0 fully saturated rings. The smallest absolute Gasteiger partial charge is 0.308 e. The van der Waals surface area contributed by atoms with Crippen LogP contribution < -0.4 is 0 Å². The van der Waals surface area contributed by atoms with Crippen LogP contribution in [0.15, 0.2) is 47.1 Å². The Kier molecular flexibility index (Phi) is 4.42. The lowest BCUT2D eigenvalue weighted by molar-refractivity contribution is -0.141. The predicted octanol–water partition coefficient (Wildman–Crippen LogP) is 2.74. The molecule has 21 heavy (non-hydrogen) atoms. The number of benzene rings is 1. The van der Waals surface area contributed by atoms with E-state index in [0.717, 1.165) is 5.56 Å². The minimum Gasteiger partial charge on any atom is -0.481 e. The zero-order valence-corrected chi connectivity index (χ0v) is 11.9. The number of carboxylic acids is 1. The van der Waals surface area contributed by atoms with E-state index in [1.165, 1.54) is 11.2 Å². The molecule has 2 aromatic rings. The van der Waals surface area contributed by atoms with Crippen LogP contribution in [-0.2, 0) is 4.79 Å². The Morgan fingerprint density at radius 2 is 1.90 bits per heavy atom. The van der Waals surface area contributed by atoms with Crippen molar-refractivity contribution < 1.29 is 19.1 Å². The fraction of sp³-hybridized carbons (Fsp3) is 0.250. The summed E-state index contributed by atoms with van der Waals surface area (Å²) in [5, 5.41) is 8.91. The predicted molar refractivity (Wildman–Crippen MR) is 77.9 cm³/mol. The second kappa shape index (κ2) is 6.26. The molecule has 1 N–H and O–H groups in total. The van der Waals surface area contributed by atoms with Gasteiger partial charge in [0.05, 0.1) is 12.2 Å². The molecule has 1 aromatic carbocycles. The number of rotatable bonds is 5. The molecule has 0 radical (unpaired) electrons. The Bertz CT molecular complexity index is 633. The SMILES string of the molecule is CC(CN(C)C(=O)c1occc1-c1ccccc1)C(=O)O. The van der Waals surface area contributed by atoms with E-state index in [1.807, 2.05) is 30.3 Å². The van der Waals surface area contributed by atoms with E-state index in [-0.39, 0.29) is 18.2 Å². The van der Waals surface area contributed by atoms with Crippen molar-refractivity contribution in [1.29, 1.82) is 0 Å². The quantitative estimate of drug-likeness (QED) is 0.918. The molecular weight excluding hydrogens is 270 g/mol. The third-order valence-electron chi connectivity index (χ3n) is 3.26. The Morgan fingerprint density at radius 1 is 1.24 bits per heavy atom. The number of nitrogens with zero attached hydrogens (tertiary/aromatic N) is 1. The first-order valence-corrected chi connectivity index (χ1v) is 6.62. The lowest BCUT2D eigenvalue weighted by Crippen LogP contribution is -2.33. The Labute approximate surface area is 122 Å². The summed E-state index contributed by atoms with van der Waals surface area (Å²) in [5.41, 5.74) is 1.59. The van der Waals surface area contributed by atoms with Crippen molar-refractivity contribution in [1.82, 2.24) is 4.90 Å². The van der Waals surface area contributed by atoms with Gasteiger partial charge in [0, 0.05) is 19.2 Å².